The fourth-order valence-corrected chi connectivity index (χ4v) is 5.14. The molecule has 1 N–H and O–H groups in total. The Hall–Kier alpha value is -1.21. The molecular formula is C19H26N2O2S2. The van der Waals surface area contributed by atoms with Gasteiger partial charge in [0, 0.05) is 18.0 Å². The van der Waals surface area contributed by atoms with Gasteiger partial charge in [-0.15, -0.1) is 11.3 Å². The zero-order valence-electron chi connectivity index (χ0n) is 14.6. The van der Waals surface area contributed by atoms with Crippen molar-refractivity contribution in [2.45, 2.75) is 32.1 Å². The first-order valence-electron chi connectivity index (χ1n) is 8.78. The number of piperidine rings is 1. The Labute approximate surface area is 154 Å². The topological polar surface area (TPSA) is 49.4 Å². The normalized spacial score (nSPS) is 17.0. The molecule has 3 rings (SSSR count). The van der Waals surface area contributed by atoms with E-state index < -0.39 is 10.0 Å². The molecule has 25 heavy (non-hydrogen) atoms. The van der Waals surface area contributed by atoms with Crippen molar-refractivity contribution in [1.82, 2.24) is 9.62 Å². The Bertz CT molecular complexity index is 747. The summed E-state index contributed by atoms with van der Waals surface area (Å²) in [6.45, 7) is 5.66. The smallest absolute Gasteiger partial charge is 0.215 e. The summed E-state index contributed by atoms with van der Waals surface area (Å²) < 4.78 is 27.4. The molecule has 1 aliphatic heterocycles. The fraction of sp³-hybridized carbons (Fsp3) is 0.474. The number of rotatable bonds is 7. The molecule has 136 valence electrons. The Kier molecular flexibility index (Phi) is 6.28. The van der Waals surface area contributed by atoms with Crippen molar-refractivity contribution >= 4 is 21.4 Å². The Morgan fingerprint density at radius 1 is 1.16 bits per heavy atom. The highest BCUT2D eigenvalue weighted by atomic mass is 32.2. The second kappa shape index (κ2) is 8.45. The quantitative estimate of drug-likeness (QED) is 0.803. The Morgan fingerprint density at radius 2 is 1.88 bits per heavy atom. The highest BCUT2D eigenvalue weighted by Gasteiger charge is 2.21. The number of likely N-dealkylation sites (tertiary alicyclic amines) is 1. The van der Waals surface area contributed by atoms with Crippen molar-refractivity contribution in [3.63, 3.8) is 0 Å². The summed E-state index contributed by atoms with van der Waals surface area (Å²) in [5.41, 5.74) is 1.98. The number of nitrogens with one attached hydrogen (secondary N) is 1. The van der Waals surface area contributed by atoms with Crippen LogP contribution < -0.4 is 4.72 Å². The van der Waals surface area contributed by atoms with E-state index in [1.54, 1.807) is 11.3 Å². The number of hydrogen-bond donors (Lipinski definition) is 1. The summed E-state index contributed by atoms with van der Waals surface area (Å²) in [7, 11) is -3.26. The summed E-state index contributed by atoms with van der Waals surface area (Å²) in [5.74, 6) is 0.497. The van der Waals surface area contributed by atoms with E-state index in [0.717, 1.165) is 43.6 Å². The summed E-state index contributed by atoms with van der Waals surface area (Å²) in [6, 6.07) is 11.9. The van der Waals surface area contributed by atoms with Gasteiger partial charge >= 0.3 is 0 Å². The molecule has 0 aliphatic carbocycles. The molecule has 0 atom stereocenters. The van der Waals surface area contributed by atoms with Crippen molar-refractivity contribution < 1.29 is 8.42 Å². The number of benzene rings is 1. The van der Waals surface area contributed by atoms with E-state index in [2.05, 4.69) is 27.1 Å². The maximum atomic E-state index is 12.3. The van der Waals surface area contributed by atoms with Crippen LogP contribution in [0.25, 0.3) is 0 Å². The highest BCUT2D eigenvalue weighted by Crippen LogP contribution is 2.20. The minimum Gasteiger partial charge on any atom is -0.298 e. The number of thiophene rings is 1. The van der Waals surface area contributed by atoms with Gasteiger partial charge in [0.25, 0.3) is 0 Å². The zero-order chi connectivity index (χ0) is 17.7. The molecule has 0 unspecified atom stereocenters. The van der Waals surface area contributed by atoms with Crippen LogP contribution in [-0.4, -0.2) is 33.0 Å². The lowest BCUT2D eigenvalue weighted by molar-refractivity contribution is 0.180. The third-order valence-corrected chi connectivity index (χ3v) is 6.92. The lowest BCUT2D eigenvalue weighted by Crippen LogP contribution is -2.38. The molecule has 0 saturated carbocycles. The lowest BCUT2D eigenvalue weighted by atomic mass is 9.97. The molecule has 1 aliphatic rings. The van der Waals surface area contributed by atoms with Gasteiger partial charge in [0.15, 0.2) is 0 Å². The highest BCUT2D eigenvalue weighted by molar-refractivity contribution is 7.88. The first-order valence-corrected chi connectivity index (χ1v) is 11.3. The molecule has 1 saturated heterocycles. The van der Waals surface area contributed by atoms with Gasteiger partial charge in [-0.3, -0.25) is 4.90 Å². The van der Waals surface area contributed by atoms with E-state index in [9.17, 15) is 8.42 Å². The third-order valence-electron chi connectivity index (χ3n) is 4.74. The fourth-order valence-electron chi connectivity index (χ4n) is 3.17. The van der Waals surface area contributed by atoms with Gasteiger partial charge in [0.2, 0.25) is 10.0 Å². The van der Waals surface area contributed by atoms with Gasteiger partial charge in [-0.05, 0) is 55.8 Å². The van der Waals surface area contributed by atoms with Gasteiger partial charge in [0.05, 0.1) is 5.75 Å². The van der Waals surface area contributed by atoms with Crippen LogP contribution in [0.5, 0.6) is 0 Å². The van der Waals surface area contributed by atoms with Crippen molar-refractivity contribution in [2.24, 2.45) is 5.92 Å². The van der Waals surface area contributed by atoms with Crippen LogP contribution in [-0.2, 0) is 22.3 Å². The van der Waals surface area contributed by atoms with Crippen molar-refractivity contribution in [3.05, 3.63) is 57.8 Å². The van der Waals surface area contributed by atoms with Crippen molar-refractivity contribution in [1.29, 1.82) is 0 Å². The summed E-state index contributed by atoms with van der Waals surface area (Å²) in [5, 5.41) is 2.12. The van der Waals surface area contributed by atoms with E-state index in [0.29, 0.717) is 12.5 Å². The van der Waals surface area contributed by atoms with Gasteiger partial charge in [0.1, 0.15) is 0 Å². The average molecular weight is 379 g/mol. The number of nitrogens with zero attached hydrogens (tertiary/aromatic N) is 1. The van der Waals surface area contributed by atoms with Crippen LogP contribution in [0, 0.1) is 12.8 Å². The van der Waals surface area contributed by atoms with Crippen LogP contribution in [0.1, 0.15) is 28.8 Å². The summed E-state index contributed by atoms with van der Waals surface area (Å²) >= 11 is 1.80. The number of aryl methyl sites for hydroxylation is 1. The first kappa shape index (κ1) is 18.6. The van der Waals surface area contributed by atoms with Gasteiger partial charge < -0.3 is 0 Å². The zero-order valence-corrected chi connectivity index (χ0v) is 16.3. The number of sulfonamides is 1. The lowest BCUT2D eigenvalue weighted by Gasteiger charge is -2.31. The van der Waals surface area contributed by atoms with E-state index in [4.69, 9.17) is 0 Å². The molecule has 6 heteroatoms. The molecule has 1 aromatic carbocycles. The van der Waals surface area contributed by atoms with Gasteiger partial charge in [-0.1, -0.05) is 35.9 Å². The minimum atomic E-state index is -3.26. The van der Waals surface area contributed by atoms with Gasteiger partial charge in [-0.25, -0.2) is 13.1 Å². The van der Waals surface area contributed by atoms with Crippen molar-refractivity contribution in [2.75, 3.05) is 19.6 Å². The van der Waals surface area contributed by atoms with Crippen LogP contribution >= 0.6 is 11.3 Å². The first-order chi connectivity index (χ1) is 12.0. The predicted octanol–water partition coefficient (Wildman–Crippen LogP) is 3.39. The second-order valence-corrected chi connectivity index (χ2v) is 9.73. The standard InChI is InChI=1S/C19H26N2O2S2/c1-16-4-6-18(7-5-16)15-25(22,23)20-13-17-8-10-21(11-9-17)14-19-3-2-12-24-19/h2-7,12,17,20H,8-11,13-15H2,1H3. The largest absolute Gasteiger partial charge is 0.298 e. The van der Waals surface area contributed by atoms with E-state index >= 15 is 0 Å². The van der Waals surface area contributed by atoms with Crippen LogP contribution in [0.3, 0.4) is 0 Å². The van der Waals surface area contributed by atoms with Gasteiger partial charge in [-0.2, -0.15) is 0 Å². The van der Waals surface area contributed by atoms with Crippen LogP contribution in [0.4, 0.5) is 0 Å². The van der Waals surface area contributed by atoms with Crippen molar-refractivity contribution in [3.8, 4) is 0 Å². The molecular weight excluding hydrogens is 352 g/mol. The van der Waals surface area contributed by atoms with E-state index in [1.165, 1.54) is 4.88 Å². The summed E-state index contributed by atoms with van der Waals surface area (Å²) in [6.07, 6.45) is 2.11. The summed E-state index contributed by atoms with van der Waals surface area (Å²) in [4.78, 5) is 3.86. The number of hydrogen-bond acceptors (Lipinski definition) is 4. The predicted molar refractivity (Wildman–Crippen MR) is 104 cm³/mol. The molecule has 4 nitrogen and oxygen atoms in total. The van der Waals surface area contributed by atoms with Crippen LogP contribution in [0.15, 0.2) is 41.8 Å². The Balaban J connectivity index is 1.42. The second-order valence-electron chi connectivity index (χ2n) is 6.89. The van der Waals surface area contributed by atoms with E-state index in [-0.39, 0.29) is 5.75 Å². The third kappa shape index (κ3) is 5.92. The van der Waals surface area contributed by atoms with Crippen LogP contribution in [0.2, 0.25) is 0 Å². The molecule has 2 aromatic rings. The monoisotopic (exact) mass is 378 g/mol. The molecule has 2 heterocycles. The van der Waals surface area contributed by atoms with E-state index in [1.807, 2.05) is 31.2 Å². The molecule has 0 bridgehead atoms. The molecule has 1 fully saturated rings. The molecule has 0 amide bonds. The maximum absolute atomic E-state index is 12.3. The minimum absolute atomic E-state index is 0.0600. The SMILES string of the molecule is Cc1ccc(CS(=O)(=O)NCC2CCN(Cc3cccs3)CC2)cc1. The Morgan fingerprint density at radius 3 is 2.52 bits per heavy atom. The molecule has 0 spiro atoms. The maximum Gasteiger partial charge on any atom is 0.215 e. The molecule has 1 aromatic heterocycles. The average Bonchev–Trinajstić information content (AvgIpc) is 3.09. The molecule has 0 radical (unpaired) electrons.